The van der Waals surface area contributed by atoms with Crippen LogP contribution >= 0.6 is 15.9 Å². The number of aromatic amines is 1. The quantitative estimate of drug-likeness (QED) is 0.685. The van der Waals surface area contributed by atoms with Gasteiger partial charge in [0.1, 0.15) is 22.4 Å². The van der Waals surface area contributed by atoms with Crippen molar-refractivity contribution in [3.8, 4) is 5.75 Å². The van der Waals surface area contributed by atoms with Crippen LogP contribution in [0.5, 0.6) is 5.75 Å². The fourth-order valence-corrected chi connectivity index (χ4v) is 5.04. The normalized spacial score (nSPS) is 17.4. The highest BCUT2D eigenvalue weighted by Gasteiger charge is 2.35. The van der Waals surface area contributed by atoms with Crippen LogP contribution in [0.2, 0.25) is 0 Å². The largest absolute Gasteiger partial charge is 0.487 e. The summed E-state index contributed by atoms with van der Waals surface area (Å²) >= 11 is 3.48. The molecule has 6 nitrogen and oxygen atoms in total. The smallest absolute Gasteiger partial charge is 0.266 e. The minimum absolute atomic E-state index is 0.215. The maximum absolute atomic E-state index is 13.4. The molecule has 8 heteroatoms. The minimum atomic E-state index is -3.76. The minimum Gasteiger partial charge on any atom is -0.487 e. The van der Waals surface area contributed by atoms with Gasteiger partial charge in [-0.2, -0.15) is 0 Å². The number of H-pyrrole nitrogens is 1. The Balaban J connectivity index is 1.91. The molecule has 0 amide bonds. The molecule has 4 rings (SSSR count). The predicted octanol–water partition coefficient (Wildman–Crippen LogP) is 3.61. The van der Waals surface area contributed by atoms with Gasteiger partial charge in [-0.25, -0.2) is 13.4 Å². The SMILES string of the molecule is Cc1cc2c(cc1Br)N(S(=O)(=O)c1c[nH]c3ncccc13)C[C@@H](C)O2. The lowest BCUT2D eigenvalue weighted by molar-refractivity contribution is 0.219. The fourth-order valence-electron chi connectivity index (χ4n) is 3.01. The van der Waals surface area contributed by atoms with E-state index in [-0.39, 0.29) is 17.5 Å². The van der Waals surface area contributed by atoms with Crippen molar-refractivity contribution in [1.82, 2.24) is 9.97 Å². The van der Waals surface area contributed by atoms with Crippen LogP contribution in [-0.2, 0) is 10.0 Å². The molecule has 3 aromatic rings. The Kier molecular flexibility index (Phi) is 3.77. The van der Waals surface area contributed by atoms with Crippen molar-refractivity contribution in [2.75, 3.05) is 10.8 Å². The van der Waals surface area contributed by atoms with E-state index >= 15 is 0 Å². The van der Waals surface area contributed by atoms with Gasteiger partial charge in [-0.05, 0) is 43.7 Å². The van der Waals surface area contributed by atoms with Crippen molar-refractivity contribution in [3.05, 3.63) is 46.7 Å². The molecule has 1 aliphatic heterocycles. The number of ether oxygens (including phenoxy) is 1. The lowest BCUT2D eigenvalue weighted by Gasteiger charge is -2.34. The summed E-state index contributed by atoms with van der Waals surface area (Å²) in [6, 6.07) is 7.13. The molecule has 0 spiro atoms. The number of halogens is 1. The Morgan fingerprint density at radius 3 is 3.00 bits per heavy atom. The molecule has 3 heterocycles. The summed E-state index contributed by atoms with van der Waals surface area (Å²) in [7, 11) is -3.76. The molecule has 2 aromatic heterocycles. The highest BCUT2D eigenvalue weighted by Crippen LogP contribution is 2.41. The van der Waals surface area contributed by atoms with Gasteiger partial charge < -0.3 is 9.72 Å². The van der Waals surface area contributed by atoms with Gasteiger partial charge in [0.2, 0.25) is 0 Å². The molecule has 1 aromatic carbocycles. The van der Waals surface area contributed by atoms with E-state index in [2.05, 4.69) is 25.9 Å². The maximum atomic E-state index is 13.4. The Labute approximate surface area is 154 Å². The molecule has 0 saturated heterocycles. The van der Waals surface area contributed by atoms with Gasteiger partial charge in [0.05, 0.1) is 12.2 Å². The summed E-state index contributed by atoms with van der Waals surface area (Å²) < 4.78 is 34.9. The number of aryl methyl sites for hydroxylation is 1. The van der Waals surface area contributed by atoms with Crippen LogP contribution in [0.4, 0.5) is 5.69 Å². The van der Waals surface area contributed by atoms with E-state index in [1.165, 1.54) is 10.5 Å². The van der Waals surface area contributed by atoms with Crippen molar-refractivity contribution >= 4 is 42.7 Å². The zero-order valence-corrected chi connectivity index (χ0v) is 16.1. The number of sulfonamides is 1. The molecule has 0 aliphatic carbocycles. The Bertz CT molecular complexity index is 1080. The predicted molar refractivity (Wildman–Crippen MR) is 99.6 cm³/mol. The van der Waals surface area contributed by atoms with Gasteiger partial charge in [-0.1, -0.05) is 15.9 Å². The second kappa shape index (κ2) is 5.74. The Hall–Kier alpha value is -2.06. The maximum Gasteiger partial charge on any atom is 0.266 e. The molecular formula is C17H16BrN3O3S. The number of anilines is 1. The van der Waals surface area contributed by atoms with Crippen molar-refractivity contribution < 1.29 is 13.2 Å². The molecule has 0 radical (unpaired) electrons. The Morgan fingerprint density at radius 1 is 1.40 bits per heavy atom. The van der Waals surface area contributed by atoms with Gasteiger partial charge in [-0.3, -0.25) is 4.31 Å². The van der Waals surface area contributed by atoms with Crippen LogP contribution in [0.25, 0.3) is 11.0 Å². The van der Waals surface area contributed by atoms with E-state index in [1.54, 1.807) is 24.4 Å². The average Bonchev–Trinajstić information content (AvgIpc) is 3.00. The number of benzene rings is 1. The van der Waals surface area contributed by atoms with Gasteiger partial charge in [-0.15, -0.1) is 0 Å². The van der Waals surface area contributed by atoms with Crippen molar-refractivity contribution in [3.63, 3.8) is 0 Å². The summed E-state index contributed by atoms with van der Waals surface area (Å²) in [4.78, 5) is 7.32. The standard InChI is InChI=1S/C17H16BrN3O3S/c1-10-6-15-14(7-13(10)18)21(9-11(2)24-15)25(22,23)16-8-20-17-12(16)4-3-5-19-17/h3-8,11H,9H2,1-2H3,(H,19,20)/t11-/m1/s1. The van der Waals surface area contributed by atoms with Crippen LogP contribution in [0, 0.1) is 6.92 Å². The molecular weight excluding hydrogens is 406 g/mol. The average molecular weight is 422 g/mol. The van der Waals surface area contributed by atoms with Crippen molar-refractivity contribution in [2.45, 2.75) is 24.8 Å². The first-order chi connectivity index (χ1) is 11.9. The van der Waals surface area contributed by atoms with Gasteiger partial charge in [0, 0.05) is 22.3 Å². The molecule has 130 valence electrons. The summed E-state index contributed by atoms with van der Waals surface area (Å²) in [5.74, 6) is 0.570. The highest BCUT2D eigenvalue weighted by atomic mass is 79.9. The van der Waals surface area contributed by atoms with E-state index in [4.69, 9.17) is 4.74 Å². The third-order valence-electron chi connectivity index (χ3n) is 4.24. The fraction of sp³-hybridized carbons (Fsp3) is 0.235. The highest BCUT2D eigenvalue weighted by molar-refractivity contribution is 9.10. The van der Waals surface area contributed by atoms with Crippen molar-refractivity contribution in [1.29, 1.82) is 0 Å². The molecule has 0 bridgehead atoms. The number of nitrogens with zero attached hydrogens (tertiary/aromatic N) is 2. The van der Waals surface area contributed by atoms with E-state index in [0.717, 1.165) is 10.0 Å². The number of fused-ring (bicyclic) bond motifs is 2. The van der Waals surface area contributed by atoms with Crippen LogP contribution in [-0.4, -0.2) is 31.0 Å². The molecule has 0 fully saturated rings. The van der Waals surface area contributed by atoms with Gasteiger partial charge in [0.15, 0.2) is 0 Å². The first kappa shape index (κ1) is 16.4. The number of rotatable bonds is 2. The molecule has 25 heavy (non-hydrogen) atoms. The van der Waals surface area contributed by atoms with Crippen molar-refractivity contribution in [2.24, 2.45) is 0 Å². The molecule has 1 atom stereocenters. The summed E-state index contributed by atoms with van der Waals surface area (Å²) in [6.45, 7) is 4.05. The number of hydrogen-bond acceptors (Lipinski definition) is 4. The summed E-state index contributed by atoms with van der Waals surface area (Å²) in [6.07, 6.45) is 2.88. The molecule has 0 saturated carbocycles. The number of hydrogen-bond donors (Lipinski definition) is 1. The van der Waals surface area contributed by atoms with Crippen LogP contribution in [0.15, 0.2) is 46.0 Å². The first-order valence-corrected chi connectivity index (χ1v) is 10.0. The van der Waals surface area contributed by atoms with E-state index < -0.39 is 10.0 Å². The second-order valence-electron chi connectivity index (χ2n) is 6.09. The lowest BCUT2D eigenvalue weighted by Crippen LogP contribution is -2.42. The zero-order valence-electron chi connectivity index (χ0n) is 13.7. The third-order valence-corrected chi connectivity index (χ3v) is 6.92. The van der Waals surface area contributed by atoms with E-state index in [0.29, 0.717) is 22.5 Å². The topological polar surface area (TPSA) is 75.3 Å². The zero-order chi connectivity index (χ0) is 17.8. The molecule has 0 unspecified atom stereocenters. The number of pyridine rings is 1. The third kappa shape index (κ3) is 2.60. The Morgan fingerprint density at radius 2 is 2.20 bits per heavy atom. The molecule has 1 N–H and O–H groups in total. The van der Waals surface area contributed by atoms with E-state index in [9.17, 15) is 8.42 Å². The lowest BCUT2D eigenvalue weighted by atomic mass is 10.2. The van der Waals surface area contributed by atoms with Crippen LogP contribution < -0.4 is 9.04 Å². The first-order valence-electron chi connectivity index (χ1n) is 7.79. The van der Waals surface area contributed by atoms with Crippen LogP contribution in [0.1, 0.15) is 12.5 Å². The monoisotopic (exact) mass is 421 g/mol. The summed E-state index contributed by atoms with van der Waals surface area (Å²) in [5, 5.41) is 0.578. The number of nitrogens with one attached hydrogen (secondary N) is 1. The van der Waals surface area contributed by atoms with Crippen LogP contribution in [0.3, 0.4) is 0 Å². The number of aromatic nitrogens is 2. The van der Waals surface area contributed by atoms with E-state index in [1.807, 2.05) is 19.9 Å². The second-order valence-corrected chi connectivity index (χ2v) is 8.77. The van der Waals surface area contributed by atoms with Gasteiger partial charge in [0.25, 0.3) is 10.0 Å². The summed E-state index contributed by atoms with van der Waals surface area (Å²) in [5.41, 5.74) is 2.07. The van der Waals surface area contributed by atoms with Gasteiger partial charge >= 0.3 is 0 Å². The molecule has 1 aliphatic rings.